The van der Waals surface area contributed by atoms with Crippen LogP contribution in [-0.2, 0) is 4.79 Å². The molecule has 22 heavy (non-hydrogen) atoms. The average molecular weight is 294 g/mol. The Kier molecular flexibility index (Phi) is 4.15. The van der Waals surface area contributed by atoms with E-state index in [1.54, 1.807) is 12.1 Å². The highest BCUT2D eigenvalue weighted by atomic mass is 16.5. The van der Waals surface area contributed by atoms with E-state index in [-0.39, 0.29) is 12.5 Å². The molecule has 5 heteroatoms. The van der Waals surface area contributed by atoms with Gasteiger partial charge < -0.3 is 9.15 Å². The molecule has 1 aromatic heterocycles. The van der Waals surface area contributed by atoms with Crippen LogP contribution in [0.4, 0.5) is 0 Å². The number of nitrogens with one attached hydrogen (secondary N) is 1. The minimum atomic E-state index is -0.337. The van der Waals surface area contributed by atoms with Crippen LogP contribution in [0.3, 0.4) is 0 Å². The molecule has 0 aliphatic rings. The Labute approximate surface area is 127 Å². The van der Waals surface area contributed by atoms with Gasteiger partial charge in [0.2, 0.25) is 0 Å². The van der Waals surface area contributed by atoms with E-state index < -0.39 is 0 Å². The zero-order chi connectivity index (χ0) is 15.2. The summed E-state index contributed by atoms with van der Waals surface area (Å²) in [4.78, 5) is 11.6. The normalized spacial score (nSPS) is 10.9. The molecular weight excluding hydrogens is 280 g/mol. The molecule has 0 aliphatic carbocycles. The predicted octanol–water partition coefficient (Wildman–Crippen LogP) is 2.96. The maximum absolute atomic E-state index is 11.6. The van der Waals surface area contributed by atoms with Crippen LogP contribution in [-0.4, -0.2) is 18.7 Å². The first kappa shape index (κ1) is 13.9. The average Bonchev–Trinajstić information content (AvgIpc) is 3.06. The number of furan rings is 1. The molecule has 0 radical (unpaired) electrons. The van der Waals surface area contributed by atoms with Gasteiger partial charge in [0.05, 0.1) is 12.5 Å². The highest BCUT2D eigenvalue weighted by molar-refractivity contribution is 5.84. The molecule has 3 aromatic rings. The van der Waals surface area contributed by atoms with E-state index in [0.29, 0.717) is 11.5 Å². The lowest BCUT2D eigenvalue weighted by Gasteiger charge is -2.06. The van der Waals surface area contributed by atoms with Crippen molar-refractivity contribution in [3.63, 3.8) is 0 Å². The number of hydrogen-bond donors (Lipinski definition) is 1. The van der Waals surface area contributed by atoms with Gasteiger partial charge in [0.15, 0.2) is 6.61 Å². The molecule has 3 rings (SSSR count). The molecular formula is C17H14N2O3. The lowest BCUT2D eigenvalue weighted by Crippen LogP contribution is -2.24. The van der Waals surface area contributed by atoms with Crippen molar-refractivity contribution in [2.24, 2.45) is 5.10 Å². The van der Waals surface area contributed by atoms with Crippen molar-refractivity contribution in [3.8, 4) is 5.75 Å². The molecule has 0 aliphatic heterocycles. The van der Waals surface area contributed by atoms with Crippen LogP contribution in [0.25, 0.3) is 10.8 Å². The molecule has 0 unspecified atom stereocenters. The van der Waals surface area contributed by atoms with Gasteiger partial charge in [-0.25, -0.2) is 5.43 Å². The molecule has 1 heterocycles. The van der Waals surface area contributed by atoms with E-state index in [1.807, 2.05) is 42.5 Å². The third-order valence-electron chi connectivity index (χ3n) is 3.02. The van der Waals surface area contributed by atoms with Gasteiger partial charge in [0.25, 0.3) is 5.91 Å². The van der Waals surface area contributed by atoms with E-state index in [2.05, 4.69) is 10.5 Å². The Morgan fingerprint density at radius 3 is 2.82 bits per heavy atom. The molecule has 0 fully saturated rings. The van der Waals surface area contributed by atoms with E-state index in [9.17, 15) is 4.79 Å². The lowest BCUT2D eigenvalue weighted by atomic mass is 10.1. The van der Waals surface area contributed by atoms with Crippen molar-refractivity contribution >= 4 is 22.9 Å². The van der Waals surface area contributed by atoms with Gasteiger partial charge in [0, 0.05) is 0 Å². The zero-order valence-corrected chi connectivity index (χ0v) is 11.7. The largest absolute Gasteiger partial charge is 0.484 e. The van der Waals surface area contributed by atoms with Crippen molar-refractivity contribution in [1.29, 1.82) is 0 Å². The highest BCUT2D eigenvalue weighted by Gasteiger charge is 2.02. The van der Waals surface area contributed by atoms with Gasteiger partial charge in [-0.2, -0.15) is 5.10 Å². The Hall–Kier alpha value is -3.08. The van der Waals surface area contributed by atoms with Crippen molar-refractivity contribution in [3.05, 3.63) is 66.6 Å². The van der Waals surface area contributed by atoms with Crippen molar-refractivity contribution in [2.45, 2.75) is 0 Å². The molecule has 0 saturated heterocycles. The molecule has 0 spiro atoms. The van der Waals surface area contributed by atoms with Crippen LogP contribution in [0.15, 0.2) is 70.4 Å². The van der Waals surface area contributed by atoms with Crippen LogP contribution in [0.5, 0.6) is 5.75 Å². The molecule has 0 bridgehead atoms. The summed E-state index contributed by atoms with van der Waals surface area (Å²) < 4.78 is 10.5. The molecule has 2 aromatic carbocycles. The van der Waals surface area contributed by atoms with Crippen LogP contribution >= 0.6 is 0 Å². The fraction of sp³-hybridized carbons (Fsp3) is 0.0588. The van der Waals surface area contributed by atoms with Gasteiger partial charge in [-0.3, -0.25) is 4.79 Å². The van der Waals surface area contributed by atoms with E-state index in [4.69, 9.17) is 9.15 Å². The topological polar surface area (TPSA) is 63.8 Å². The summed E-state index contributed by atoms with van der Waals surface area (Å²) >= 11 is 0. The summed E-state index contributed by atoms with van der Waals surface area (Å²) in [5, 5.41) is 5.97. The molecule has 5 nitrogen and oxygen atoms in total. The van der Waals surface area contributed by atoms with Crippen LogP contribution in [0.2, 0.25) is 0 Å². The third kappa shape index (κ3) is 3.52. The molecule has 110 valence electrons. The minimum absolute atomic E-state index is 0.103. The second-order valence-corrected chi connectivity index (χ2v) is 4.61. The van der Waals surface area contributed by atoms with Crippen LogP contribution in [0, 0.1) is 0 Å². The monoisotopic (exact) mass is 294 g/mol. The number of benzene rings is 2. The molecule has 1 N–H and O–H groups in total. The summed E-state index contributed by atoms with van der Waals surface area (Å²) in [6.45, 7) is -0.103. The molecule has 1 amide bonds. The minimum Gasteiger partial charge on any atom is -0.484 e. The maximum atomic E-state index is 11.6. The van der Waals surface area contributed by atoms with Crippen LogP contribution < -0.4 is 10.2 Å². The molecule has 0 saturated carbocycles. The van der Waals surface area contributed by atoms with E-state index in [1.165, 1.54) is 12.5 Å². The Balaban J connectivity index is 1.53. The first-order valence-corrected chi connectivity index (χ1v) is 6.78. The standard InChI is InChI=1S/C17H14N2O3/c20-17(19-18-11-16-6-3-9-21-16)12-22-15-8-7-13-4-1-2-5-14(13)10-15/h1-11H,12H2,(H,19,20)/b18-11+. The summed E-state index contributed by atoms with van der Waals surface area (Å²) in [6.07, 6.45) is 2.96. The lowest BCUT2D eigenvalue weighted by molar-refractivity contribution is -0.123. The van der Waals surface area contributed by atoms with Gasteiger partial charge in [-0.15, -0.1) is 0 Å². The first-order valence-electron chi connectivity index (χ1n) is 6.78. The quantitative estimate of drug-likeness (QED) is 0.581. The number of hydrazone groups is 1. The summed E-state index contributed by atoms with van der Waals surface area (Å²) in [5.74, 6) is 0.871. The van der Waals surface area contributed by atoms with Crippen molar-refractivity contribution in [2.75, 3.05) is 6.61 Å². The Morgan fingerprint density at radius 2 is 2.00 bits per heavy atom. The van der Waals surface area contributed by atoms with Gasteiger partial charge in [-0.05, 0) is 35.0 Å². The van der Waals surface area contributed by atoms with Gasteiger partial charge in [0.1, 0.15) is 11.5 Å². The predicted molar refractivity (Wildman–Crippen MR) is 83.9 cm³/mol. The highest BCUT2D eigenvalue weighted by Crippen LogP contribution is 2.20. The van der Waals surface area contributed by atoms with Gasteiger partial charge in [-0.1, -0.05) is 30.3 Å². The molecule has 0 atom stereocenters. The fourth-order valence-electron chi connectivity index (χ4n) is 1.97. The SMILES string of the molecule is O=C(COc1ccc2ccccc2c1)N/N=C/c1ccco1. The maximum Gasteiger partial charge on any atom is 0.277 e. The Morgan fingerprint density at radius 1 is 1.14 bits per heavy atom. The first-order chi connectivity index (χ1) is 10.8. The third-order valence-corrected chi connectivity index (χ3v) is 3.02. The number of carbonyl (C=O) groups is 1. The van der Waals surface area contributed by atoms with E-state index >= 15 is 0 Å². The van der Waals surface area contributed by atoms with Crippen LogP contribution in [0.1, 0.15) is 5.76 Å². The summed E-state index contributed by atoms with van der Waals surface area (Å²) in [7, 11) is 0. The van der Waals surface area contributed by atoms with E-state index in [0.717, 1.165) is 10.8 Å². The number of rotatable bonds is 5. The zero-order valence-electron chi connectivity index (χ0n) is 11.7. The summed E-state index contributed by atoms with van der Waals surface area (Å²) in [5.41, 5.74) is 2.37. The number of amides is 1. The second kappa shape index (κ2) is 6.58. The number of nitrogens with zero attached hydrogens (tertiary/aromatic N) is 1. The smallest absolute Gasteiger partial charge is 0.277 e. The van der Waals surface area contributed by atoms with Crippen molar-refractivity contribution < 1.29 is 13.9 Å². The number of hydrogen-bond acceptors (Lipinski definition) is 4. The number of fused-ring (bicyclic) bond motifs is 1. The van der Waals surface area contributed by atoms with Crippen molar-refractivity contribution in [1.82, 2.24) is 5.43 Å². The second-order valence-electron chi connectivity index (χ2n) is 4.61. The van der Waals surface area contributed by atoms with Gasteiger partial charge >= 0.3 is 0 Å². The fourth-order valence-corrected chi connectivity index (χ4v) is 1.97. The number of carbonyl (C=O) groups excluding carboxylic acids is 1. The summed E-state index contributed by atoms with van der Waals surface area (Å²) in [6, 6.07) is 17.1. The Bertz CT molecular complexity index is 795. The number of ether oxygens (including phenoxy) is 1.